The molecule has 2 heterocycles. The van der Waals surface area contributed by atoms with Crippen molar-refractivity contribution in [1.29, 1.82) is 0 Å². The van der Waals surface area contributed by atoms with Gasteiger partial charge in [-0.2, -0.15) is 0 Å². The Morgan fingerprint density at radius 3 is 2.74 bits per heavy atom. The normalized spacial score (nSPS) is 10.8. The van der Waals surface area contributed by atoms with Crippen LogP contribution in [0.3, 0.4) is 0 Å². The van der Waals surface area contributed by atoms with Gasteiger partial charge in [0.15, 0.2) is 5.76 Å². The van der Waals surface area contributed by atoms with E-state index in [9.17, 15) is 9.18 Å². The first kappa shape index (κ1) is 11.4. The standard InChI is InChI=1S/C14H8FNO3/c15-10-2-4-12-9(5-10)6-13(19-12)11-3-1-8(7-16-11)14(17)18/h1-7H,(H,17,18). The second-order valence-corrected chi connectivity index (χ2v) is 4.03. The Kier molecular flexibility index (Phi) is 2.52. The van der Waals surface area contributed by atoms with Gasteiger partial charge in [-0.3, -0.25) is 4.98 Å². The lowest BCUT2D eigenvalue weighted by molar-refractivity contribution is 0.0696. The van der Waals surface area contributed by atoms with Gasteiger partial charge in [0.2, 0.25) is 0 Å². The average molecular weight is 257 g/mol. The number of halogens is 1. The van der Waals surface area contributed by atoms with Gasteiger partial charge in [0.25, 0.3) is 0 Å². The number of fused-ring (bicyclic) bond motifs is 1. The zero-order valence-electron chi connectivity index (χ0n) is 9.63. The summed E-state index contributed by atoms with van der Waals surface area (Å²) in [7, 11) is 0. The minimum Gasteiger partial charge on any atom is -0.478 e. The number of aromatic carboxylic acids is 1. The van der Waals surface area contributed by atoms with E-state index in [0.717, 1.165) is 0 Å². The molecule has 0 aliphatic heterocycles. The van der Waals surface area contributed by atoms with E-state index in [1.165, 1.54) is 24.4 Å². The Hall–Kier alpha value is -2.69. The van der Waals surface area contributed by atoms with Crippen molar-refractivity contribution in [1.82, 2.24) is 4.98 Å². The topological polar surface area (TPSA) is 63.3 Å². The van der Waals surface area contributed by atoms with E-state index in [4.69, 9.17) is 9.52 Å². The van der Waals surface area contributed by atoms with E-state index in [-0.39, 0.29) is 11.4 Å². The van der Waals surface area contributed by atoms with Crippen molar-refractivity contribution >= 4 is 16.9 Å². The molecule has 2 aromatic heterocycles. The number of aromatic nitrogens is 1. The van der Waals surface area contributed by atoms with Crippen LogP contribution in [0, 0.1) is 5.82 Å². The summed E-state index contributed by atoms with van der Waals surface area (Å²) in [5, 5.41) is 9.42. The number of carboxylic acid groups (broad SMARTS) is 1. The molecule has 3 aromatic rings. The summed E-state index contributed by atoms with van der Waals surface area (Å²) < 4.78 is 18.6. The van der Waals surface area contributed by atoms with Gasteiger partial charge in [-0.25, -0.2) is 9.18 Å². The Bertz CT molecular complexity index is 762. The molecule has 0 saturated carbocycles. The van der Waals surface area contributed by atoms with Gasteiger partial charge in [0.1, 0.15) is 17.1 Å². The Balaban J connectivity index is 2.06. The average Bonchev–Trinajstić information content (AvgIpc) is 2.81. The zero-order valence-corrected chi connectivity index (χ0v) is 9.63. The molecule has 0 atom stereocenters. The predicted octanol–water partition coefficient (Wildman–Crippen LogP) is 3.33. The number of hydrogen-bond acceptors (Lipinski definition) is 3. The highest BCUT2D eigenvalue weighted by atomic mass is 19.1. The van der Waals surface area contributed by atoms with E-state index < -0.39 is 5.97 Å². The quantitative estimate of drug-likeness (QED) is 0.764. The number of carbonyl (C=O) groups is 1. The highest BCUT2D eigenvalue weighted by molar-refractivity contribution is 5.88. The number of rotatable bonds is 2. The molecule has 0 aliphatic rings. The molecule has 0 fully saturated rings. The molecular formula is C14H8FNO3. The summed E-state index contributed by atoms with van der Waals surface area (Å²) in [6.45, 7) is 0. The van der Waals surface area contributed by atoms with Crippen LogP contribution in [-0.2, 0) is 0 Å². The SMILES string of the molecule is O=C(O)c1ccc(-c2cc3cc(F)ccc3o2)nc1. The maximum absolute atomic E-state index is 13.1. The van der Waals surface area contributed by atoms with Crippen LogP contribution in [0.1, 0.15) is 10.4 Å². The smallest absolute Gasteiger partial charge is 0.337 e. The van der Waals surface area contributed by atoms with Crippen LogP contribution in [0.5, 0.6) is 0 Å². The molecule has 3 rings (SSSR count). The number of furan rings is 1. The van der Waals surface area contributed by atoms with Crippen molar-refractivity contribution in [3.8, 4) is 11.5 Å². The minimum atomic E-state index is -1.04. The van der Waals surface area contributed by atoms with E-state index in [1.807, 2.05) is 0 Å². The van der Waals surface area contributed by atoms with Gasteiger partial charge in [-0.1, -0.05) is 0 Å². The Morgan fingerprint density at radius 1 is 1.21 bits per heavy atom. The number of nitrogens with zero attached hydrogens (tertiary/aromatic N) is 1. The molecule has 1 aromatic carbocycles. The highest BCUT2D eigenvalue weighted by Gasteiger charge is 2.09. The Labute approximate surface area is 107 Å². The monoisotopic (exact) mass is 257 g/mol. The molecule has 0 unspecified atom stereocenters. The van der Waals surface area contributed by atoms with E-state index in [2.05, 4.69) is 4.98 Å². The van der Waals surface area contributed by atoms with Crippen molar-refractivity contribution in [3.63, 3.8) is 0 Å². The van der Waals surface area contributed by atoms with Crippen molar-refractivity contribution in [2.45, 2.75) is 0 Å². The molecule has 4 nitrogen and oxygen atoms in total. The van der Waals surface area contributed by atoms with Gasteiger partial charge in [0.05, 0.1) is 5.56 Å². The van der Waals surface area contributed by atoms with Crippen LogP contribution in [0.4, 0.5) is 4.39 Å². The molecule has 0 amide bonds. The van der Waals surface area contributed by atoms with Crippen molar-refractivity contribution in [2.75, 3.05) is 0 Å². The maximum atomic E-state index is 13.1. The molecule has 0 spiro atoms. The summed E-state index contributed by atoms with van der Waals surface area (Å²) in [6.07, 6.45) is 1.26. The van der Waals surface area contributed by atoms with Gasteiger partial charge in [0, 0.05) is 11.6 Å². The minimum absolute atomic E-state index is 0.103. The van der Waals surface area contributed by atoms with Gasteiger partial charge < -0.3 is 9.52 Å². The van der Waals surface area contributed by atoms with E-state index >= 15 is 0 Å². The highest BCUT2D eigenvalue weighted by Crippen LogP contribution is 2.27. The van der Waals surface area contributed by atoms with Crippen LogP contribution < -0.4 is 0 Å². The van der Waals surface area contributed by atoms with Gasteiger partial charge >= 0.3 is 5.97 Å². The zero-order chi connectivity index (χ0) is 13.4. The molecule has 0 aliphatic carbocycles. The fourth-order valence-corrected chi connectivity index (χ4v) is 1.81. The lowest BCUT2D eigenvalue weighted by atomic mass is 10.2. The van der Waals surface area contributed by atoms with Gasteiger partial charge in [-0.05, 0) is 36.4 Å². The van der Waals surface area contributed by atoms with Gasteiger partial charge in [-0.15, -0.1) is 0 Å². The lowest BCUT2D eigenvalue weighted by Gasteiger charge is -1.96. The summed E-state index contributed by atoms with van der Waals surface area (Å²) in [4.78, 5) is 14.7. The summed E-state index contributed by atoms with van der Waals surface area (Å²) >= 11 is 0. The molecule has 0 radical (unpaired) electrons. The molecule has 19 heavy (non-hydrogen) atoms. The van der Waals surface area contributed by atoms with E-state index in [0.29, 0.717) is 22.4 Å². The lowest BCUT2D eigenvalue weighted by Crippen LogP contribution is -1.96. The molecule has 0 bridgehead atoms. The molecule has 0 saturated heterocycles. The van der Waals surface area contributed by atoms with E-state index in [1.54, 1.807) is 18.2 Å². The fourth-order valence-electron chi connectivity index (χ4n) is 1.81. The third-order valence-electron chi connectivity index (χ3n) is 2.74. The molecule has 1 N–H and O–H groups in total. The fraction of sp³-hybridized carbons (Fsp3) is 0. The third kappa shape index (κ3) is 2.06. The second-order valence-electron chi connectivity index (χ2n) is 4.03. The summed E-state index contributed by atoms with van der Waals surface area (Å²) in [6, 6.07) is 8.89. The van der Waals surface area contributed by atoms with Crippen LogP contribution in [0.25, 0.3) is 22.4 Å². The molecular weight excluding hydrogens is 249 g/mol. The number of benzene rings is 1. The van der Waals surface area contributed by atoms with Crippen LogP contribution >= 0.6 is 0 Å². The first-order valence-corrected chi connectivity index (χ1v) is 5.52. The second kappa shape index (κ2) is 4.20. The first-order valence-electron chi connectivity index (χ1n) is 5.52. The largest absolute Gasteiger partial charge is 0.478 e. The van der Waals surface area contributed by atoms with Crippen molar-refractivity contribution in [2.24, 2.45) is 0 Å². The van der Waals surface area contributed by atoms with Crippen LogP contribution in [0.15, 0.2) is 47.0 Å². The molecule has 94 valence electrons. The van der Waals surface area contributed by atoms with Crippen molar-refractivity contribution in [3.05, 3.63) is 54.0 Å². The van der Waals surface area contributed by atoms with Crippen LogP contribution in [0.2, 0.25) is 0 Å². The van der Waals surface area contributed by atoms with Crippen LogP contribution in [-0.4, -0.2) is 16.1 Å². The maximum Gasteiger partial charge on any atom is 0.337 e. The molecule has 5 heteroatoms. The predicted molar refractivity (Wildman–Crippen MR) is 66.4 cm³/mol. The Morgan fingerprint density at radius 2 is 2.05 bits per heavy atom. The summed E-state index contributed by atoms with van der Waals surface area (Å²) in [5.74, 6) is -0.905. The first-order chi connectivity index (χ1) is 9.13. The summed E-state index contributed by atoms with van der Waals surface area (Å²) in [5.41, 5.74) is 1.16. The number of hydrogen-bond donors (Lipinski definition) is 1. The third-order valence-corrected chi connectivity index (χ3v) is 2.74. The van der Waals surface area contributed by atoms with Crippen molar-refractivity contribution < 1.29 is 18.7 Å². The number of pyridine rings is 1. The number of carboxylic acids is 1.